The van der Waals surface area contributed by atoms with Gasteiger partial charge in [-0.2, -0.15) is 4.31 Å². The third-order valence-electron chi connectivity index (χ3n) is 3.86. The Labute approximate surface area is 139 Å². The minimum absolute atomic E-state index is 0.151. The van der Waals surface area contributed by atoms with Crippen LogP contribution in [0.1, 0.15) is 24.0 Å². The van der Waals surface area contributed by atoms with Gasteiger partial charge < -0.3 is 4.74 Å². The molecule has 4 nitrogen and oxygen atoms in total. The summed E-state index contributed by atoms with van der Waals surface area (Å²) in [5.74, 6) is 0.285. The predicted molar refractivity (Wildman–Crippen MR) is 87.2 cm³/mol. The Morgan fingerprint density at radius 1 is 1.38 bits per heavy atom. The number of ether oxygens (including phenoxy) is 1. The van der Waals surface area contributed by atoms with Gasteiger partial charge in [-0.1, -0.05) is 15.9 Å². The fourth-order valence-corrected chi connectivity index (χ4v) is 5.06. The Bertz CT molecular complexity index is 613. The molecule has 1 fully saturated rings. The molecule has 1 aromatic carbocycles. The van der Waals surface area contributed by atoms with E-state index in [-0.39, 0.29) is 12.0 Å². The second-order valence-electron chi connectivity index (χ2n) is 5.17. The van der Waals surface area contributed by atoms with Crippen molar-refractivity contribution >= 4 is 37.6 Å². The van der Waals surface area contributed by atoms with Gasteiger partial charge in [-0.05, 0) is 43.0 Å². The molecule has 0 bridgehead atoms. The maximum Gasteiger partial charge on any atom is 0.243 e. The quantitative estimate of drug-likeness (QED) is 0.734. The van der Waals surface area contributed by atoms with Crippen LogP contribution in [0.15, 0.2) is 21.5 Å². The lowest BCUT2D eigenvalue weighted by molar-refractivity contribution is 0.0604. The topological polar surface area (TPSA) is 46.6 Å². The van der Waals surface area contributed by atoms with Gasteiger partial charge in [-0.3, -0.25) is 0 Å². The molecular weight excluding hydrogens is 378 g/mol. The summed E-state index contributed by atoms with van der Waals surface area (Å²) < 4.78 is 33.3. The Kier molecular flexibility index (Phi) is 5.71. The molecule has 0 unspecified atom stereocenters. The minimum atomic E-state index is -3.49. The van der Waals surface area contributed by atoms with Crippen LogP contribution in [0.4, 0.5) is 0 Å². The zero-order chi connectivity index (χ0) is 15.6. The zero-order valence-electron chi connectivity index (χ0n) is 12.1. The molecule has 1 aliphatic rings. The molecule has 118 valence electrons. The van der Waals surface area contributed by atoms with Crippen LogP contribution in [-0.4, -0.2) is 39.0 Å². The highest BCUT2D eigenvalue weighted by molar-refractivity contribution is 9.10. The van der Waals surface area contributed by atoms with Crippen LogP contribution >= 0.6 is 27.5 Å². The number of piperidine rings is 1. The highest BCUT2D eigenvalue weighted by Crippen LogP contribution is 2.30. The third kappa shape index (κ3) is 3.62. The molecule has 2 rings (SSSR count). The molecule has 21 heavy (non-hydrogen) atoms. The number of benzene rings is 1. The molecule has 1 saturated heterocycles. The van der Waals surface area contributed by atoms with E-state index in [0.717, 1.165) is 28.4 Å². The van der Waals surface area contributed by atoms with Crippen LogP contribution in [0.25, 0.3) is 0 Å². The number of hydrogen-bond acceptors (Lipinski definition) is 3. The maximum atomic E-state index is 12.8. The van der Waals surface area contributed by atoms with Gasteiger partial charge in [0.2, 0.25) is 10.0 Å². The van der Waals surface area contributed by atoms with Gasteiger partial charge in [0, 0.05) is 30.6 Å². The third-order valence-corrected chi connectivity index (χ3v) is 7.02. The molecule has 0 spiro atoms. The van der Waals surface area contributed by atoms with Crippen LogP contribution < -0.4 is 0 Å². The first-order chi connectivity index (χ1) is 9.90. The standard InChI is InChI=1S/C14H19BrClNO3S/c1-10-13(15)7-11(9-16)8-14(10)21(18,19)17-5-3-12(20-2)4-6-17/h7-8,12H,3-6,9H2,1-2H3. The van der Waals surface area contributed by atoms with Gasteiger partial charge in [0.25, 0.3) is 0 Å². The zero-order valence-corrected chi connectivity index (χ0v) is 15.3. The molecule has 0 aliphatic carbocycles. The van der Waals surface area contributed by atoms with Crippen molar-refractivity contribution in [2.45, 2.75) is 36.6 Å². The lowest BCUT2D eigenvalue weighted by atomic mass is 10.1. The first-order valence-corrected chi connectivity index (χ1v) is 9.55. The van der Waals surface area contributed by atoms with E-state index in [4.69, 9.17) is 16.3 Å². The Balaban J connectivity index is 2.34. The first kappa shape index (κ1) is 17.2. The Hall–Kier alpha value is -0.140. The molecule has 0 radical (unpaired) electrons. The predicted octanol–water partition coefficient (Wildman–Crippen LogP) is 3.30. The summed E-state index contributed by atoms with van der Waals surface area (Å²) in [5, 5.41) is 0. The number of methoxy groups -OCH3 is 1. The van der Waals surface area contributed by atoms with Crippen molar-refractivity contribution in [3.8, 4) is 0 Å². The maximum absolute atomic E-state index is 12.8. The number of sulfonamides is 1. The lowest BCUT2D eigenvalue weighted by Gasteiger charge is -2.31. The molecule has 1 aromatic rings. The molecule has 7 heteroatoms. The Morgan fingerprint density at radius 3 is 2.52 bits per heavy atom. The molecule has 0 amide bonds. The van der Waals surface area contributed by atoms with Gasteiger partial charge in [-0.25, -0.2) is 8.42 Å². The molecule has 0 saturated carbocycles. The second-order valence-corrected chi connectivity index (χ2v) is 8.20. The van der Waals surface area contributed by atoms with Crippen LogP contribution in [0.2, 0.25) is 0 Å². The second kappa shape index (κ2) is 6.96. The van der Waals surface area contributed by atoms with Gasteiger partial charge >= 0.3 is 0 Å². The number of halogens is 2. The van der Waals surface area contributed by atoms with Crippen molar-refractivity contribution in [3.63, 3.8) is 0 Å². The molecule has 1 aliphatic heterocycles. The first-order valence-electron chi connectivity index (χ1n) is 6.78. The average molecular weight is 397 g/mol. The number of alkyl halides is 1. The summed E-state index contributed by atoms with van der Waals surface area (Å²) in [7, 11) is -1.82. The summed E-state index contributed by atoms with van der Waals surface area (Å²) in [6.07, 6.45) is 1.61. The van der Waals surface area contributed by atoms with Crippen molar-refractivity contribution in [1.82, 2.24) is 4.31 Å². The van der Waals surface area contributed by atoms with E-state index in [1.54, 1.807) is 20.1 Å². The average Bonchev–Trinajstić information content (AvgIpc) is 2.49. The van der Waals surface area contributed by atoms with E-state index in [0.29, 0.717) is 18.0 Å². The van der Waals surface area contributed by atoms with E-state index in [1.807, 2.05) is 6.07 Å². The van der Waals surface area contributed by atoms with Crippen LogP contribution in [-0.2, 0) is 20.6 Å². The monoisotopic (exact) mass is 395 g/mol. The van der Waals surface area contributed by atoms with E-state index in [1.165, 1.54) is 4.31 Å². The Morgan fingerprint density at radius 2 is 2.00 bits per heavy atom. The molecular formula is C14H19BrClNO3S. The highest BCUT2D eigenvalue weighted by atomic mass is 79.9. The van der Waals surface area contributed by atoms with Gasteiger partial charge in [0.1, 0.15) is 0 Å². The van der Waals surface area contributed by atoms with E-state index < -0.39 is 10.0 Å². The largest absolute Gasteiger partial charge is 0.381 e. The summed E-state index contributed by atoms with van der Waals surface area (Å²) in [5.41, 5.74) is 1.51. The number of hydrogen-bond donors (Lipinski definition) is 0. The molecule has 1 heterocycles. The van der Waals surface area contributed by atoms with Crippen LogP contribution in [0.3, 0.4) is 0 Å². The van der Waals surface area contributed by atoms with Crippen LogP contribution in [0.5, 0.6) is 0 Å². The van der Waals surface area contributed by atoms with Crippen LogP contribution in [0, 0.1) is 6.92 Å². The fraction of sp³-hybridized carbons (Fsp3) is 0.571. The van der Waals surface area contributed by atoms with E-state index in [2.05, 4.69) is 15.9 Å². The minimum Gasteiger partial charge on any atom is -0.381 e. The smallest absolute Gasteiger partial charge is 0.243 e. The van der Waals surface area contributed by atoms with Gasteiger partial charge in [0.15, 0.2) is 0 Å². The van der Waals surface area contributed by atoms with Crippen molar-refractivity contribution in [2.75, 3.05) is 20.2 Å². The van der Waals surface area contributed by atoms with E-state index in [9.17, 15) is 8.42 Å². The van der Waals surface area contributed by atoms with Crippen molar-refractivity contribution < 1.29 is 13.2 Å². The molecule has 0 atom stereocenters. The van der Waals surface area contributed by atoms with Crippen molar-refractivity contribution in [1.29, 1.82) is 0 Å². The fourth-order valence-electron chi connectivity index (χ4n) is 2.50. The lowest BCUT2D eigenvalue weighted by Crippen LogP contribution is -2.40. The normalized spacial score (nSPS) is 18.1. The highest BCUT2D eigenvalue weighted by Gasteiger charge is 2.31. The summed E-state index contributed by atoms with van der Waals surface area (Å²) in [6.45, 7) is 2.78. The summed E-state index contributed by atoms with van der Waals surface area (Å²) in [4.78, 5) is 0.336. The molecule has 0 aromatic heterocycles. The number of nitrogens with zero attached hydrogens (tertiary/aromatic N) is 1. The van der Waals surface area contributed by atoms with Gasteiger partial charge in [-0.15, -0.1) is 11.6 Å². The summed E-state index contributed by atoms with van der Waals surface area (Å²) >= 11 is 9.26. The summed E-state index contributed by atoms with van der Waals surface area (Å²) in [6, 6.07) is 3.53. The van der Waals surface area contributed by atoms with Crippen molar-refractivity contribution in [3.05, 3.63) is 27.7 Å². The molecule has 0 N–H and O–H groups in total. The van der Waals surface area contributed by atoms with E-state index >= 15 is 0 Å². The van der Waals surface area contributed by atoms with Crippen molar-refractivity contribution in [2.24, 2.45) is 0 Å². The number of rotatable bonds is 4. The van der Waals surface area contributed by atoms with Gasteiger partial charge in [0.05, 0.1) is 11.0 Å². The SMILES string of the molecule is COC1CCN(S(=O)(=O)c2cc(CCl)cc(Br)c2C)CC1.